The monoisotopic (exact) mass is 306 g/mol. The molecule has 1 N–H and O–H groups in total. The topological polar surface area (TPSA) is 32.3 Å². The molecular formula is C17H26N2OS. The molecule has 1 amide bonds. The van der Waals surface area contributed by atoms with E-state index in [1.165, 1.54) is 11.1 Å². The van der Waals surface area contributed by atoms with E-state index in [-0.39, 0.29) is 5.91 Å². The van der Waals surface area contributed by atoms with Crippen molar-refractivity contribution in [3.63, 3.8) is 0 Å². The van der Waals surface area contributed by atoms with E-state index in [0.29, 0.717) is 11.8 Å². The van der Waals surface area contributed by atoms with Crippen molar-refractivity contribution in [1.82, 2.24) is 10.2 Å². The number of amides is 1. The van der Waals surface area contributed by atoms with Crippen LogP contribution in [0.5, 0.6) is 0 Å². The van der Waals surface area contributed by atoms with Gasteiger partial charge in [0.15, 0.2) is 0 Å². The molecule has 0 saturated carbocycles. The van der Waals surface area contributed by atoms with E-state index < -0.39 is 0 Å². The Balaban J connectivity index is 1.65. The maximum Gasteiger partial charge on any atom is 0.230 e. The van der Waals surface area contributed by atoms with Crippen molar-refractivity contribution in [2.24, 2.45) is 0 Å². The Hall–Kier alpha value is -1.00. The van der Waals surface area contributed by atoms with Crippen LogP contribution in [0.25, 0.3) is 0 Å². The van der Waals surface area contributed by atoms with Crippen molar-refractivity contribution >= 4 is 17.7 Å². The Kier molecular flexibility index (Phi) is 6.58. The number of carbonyl (C=O) groups is 1. The van der Waals surface area contributed by atoms with E-state index in [1.54, 1.807) is 11.8 Å². The SMILES string of the molecule is CCN1CCC(NC(=O)CSCc2ccccc2C)CC1. The number of hydrogen-bond donors (Lipinski definition) is 1. The second kappa shape index (κ2) is 8.44. The Labute approximate surface area is 132 Å². The molecule has 1 heterocycles. The number of aryl methyl sites for hydroxylation is 1. The van der Waals surface area contributed by atoms with Gasteiger partial charge in [0.05, 0.1) is 5.75 Å². The maximum atomic E-state index is 12.0. The molecule has 0 aromatic heterocycles. The number of nitrogens with one attached hydrogen (secondary N) is 1. The van der Waals surface area contributed by atoms with Gasteiger partial charge in [-0.05, 0) is 37.4 Å². The number of benzene rings is 1. The molecule has 0 radical (unpaired) electrons. The van der Waals surface area contributed by atoms with Gasteiger partial charge in [-0.15, -0.1) is 11.8 Å². The summed E-state index contributed by atoms with van der Waals surface area (Å²) in [7, 11) is 0. The zero-order valence-electron chi connectivity index (χ0n) is 13.1. The average molecular weight is 306 g/mol. The molecule has 0 spiro atoms. The molecule has 3 nitrogen and oxygen atoms in total. The summed E-state index contributed by atoms with van der Waals surface area (Å²) < 4.78 is 0. The molecule has 0 unspecified atom stereocenters. The van der Waals surface area contributed by atoms with E-state index in [4.69, 9.17) is 0 Å². The number of rotatable bonds is 6. The zero-order chi connectivity index (χ0) is 15.1. The van der Waals surface area contributed by atoms with Crippen molar-refractivity contribution in [2.75, 3.05) is 25.4 Å². The van der Waals surface area contributed by atoms with Gasteiger partial charge in [0.25, 0.3) is 0 Å². The Morgan fingerprint density at radius 2 is 2.05 bits per heavy atom. The molecule has 21 heavy (non-hydrogen) atoms. The van der Waals surface area contributed by atoms with Crippen LogP contribution in [-0.2, 0) is 10.5 Å². The third-order valence-corrected chi connectivity index (χ3v) is 5.13. The van der Waals surface area contributed by atoms with Crippen molar-refractivity contribution in [3.05, 3.63) is 35.4 Å². The van der Waals surface area contributed by atoms with Gasteiger partial charge in [-0.2, -0.15) is 0 Å². The van der Waals surface area contributed by atoms with E-state index in [1.807, 2.05) is 0 Å². The molecule has 0 bridgehead atoms. The number of thioether (sulfide) groups is 1. The first kappa shape index (κ1) is 16.4. The predicted molar refractivity (Wildman–Crippen MR) is 90.6 cm³/mol. The van der Waals surface area contributed by atoms with Gasteiger partial charge in [0.1, 0.15) is 0 Å². The molecule has 1 aliphatic heterocycles. The lowest BCUT2D eigenvalue weighted by Crippen LogP contribution is -2.45. The Bertz CT molecular complexity index is 456. The highest BCUT2D eigenvalue weighted by Crippen LogP contribution is 2.16. The van der Waals surface area contributed by atoms with Gasteiger partial charge < -0.3 is 10.2 Å². The van der Waals surface area contributed by atoms with Crippen LogP contribution in [0.4, 0.5) is 0 Å². The van der Waals surface area contributed by atoms with Crippen molar-refractivity contribution < 1.29 is 4.79 Å². The highest BCUT2D eigenvalue weighted by molar-refractivity contribution is 7.99. The lowest BCUT2D eigenvalue weighted by atomic mass is 10.1. The second-order valence-corrected chi connectivity index (χ2v) is 6.68. The van der Waals surface area contributed by atoms with Crippen molar-refractivity contribution in [3.8, 4) is 0 Å². The fraction of sp³-hybridized carbons (Fsp3) is 0.588. The quantitative estimate of drug-likeness (QED) is 0.877. The van der Waals surface area contributed by atoms with Crippen molar-refractivity contribution in [1.29, 1.82) is 0 Å². The lowest BCUT2D eigenvalue weighted by molar-refractivity contribution is -0.119. The van der Waals surface area contributed by atoms with Crippen LogP contribution in [-0.4, -0.2) is 42.2 Å². The van der Waals surface area contributed by atoms with E-state index in [9.17, 15) is 4.79 Å². The average Bonchev–Trinajstić information content (AvgIpc) is 2.50. The van der Waals surface area contributed by atoms with Crippen LogP contribution >= 0.6 is 11.8 Å². The highest BCUT2D eigenvalue weighted by atomic mass is 32.2. The van der Waals surface area contributed by atoms with Crippen LogP contribution in [0.3, 0.4) is 0 Å². The van der Waals surface area contributed by atoms with Gasteiger partial charge in [-0.25, -0.2) is 0 Å². The largest absolute Gasteiger partial charge is 0.353 e. The highest BCUT2D eigenvalue weighted by Gasteiger charge is 2.19. The van der Waals surface area contributed by atoms with Crippen LogP contribution in [0, 0.1) is 6.92 Å². The molecule has 116 valence electrons. The van der Waals surface area contributed by atoms with Gasteiger partial charge in [0.2, 0.25) is 5.91 Å². The first-order valence-electron chi connectivity index (χ1n) is 7.83. The number of likely N-dealkylation sites (tertiary alicyclic amines) is 1. The first-order valence-corrected chi connectivity index (χ1v) is 8.98. The minimum atomic E-state index is 0.184. The van der Waals surface area contributed by atoms with Gasteiger partial charge in [-0.1, -0.05) is 31.2 Å². The second-order valence-electron chi connectivity index (χ2n) is 5.70. The van der Waals surface area contributed by atoms with Crippen LogP contribution in [0.15, 0.2) is 24.3 Å². The first-order chi connectivity index (χ1) is 10.2. The molecule has 1 saturated heterocycles. The molecule has 2 rings (SSSR count). The summed E-state index contributed by atoms with van der Waals surface area (Å²) in [6.07, 6.45) is 2.17. The molecule has 1 fully saturated rings. The molecule has 1 aromatic rings. The van der Waals surface area contributed by atoms with Gasteiger partial charge in [-0.3, -0.25) is 4.79 Å². The standard InChI is InChI=1S/C17H26N2OS/c1-3-19-10-8-16(9-11-19)18-17(20)13-21-12-15-7-5-4-6-14(15)2/h4-7,16H,3,8-13H2,1-2H3,(H,18,20). The minimum absolute atomic E-state index is 0.184. The third kappa shape index (κ3) is 5.36. The van der Waals surface area contributed by atoms with E-state index >= 15 is 0 Å². The lowest BCUT2D eigenvalue weighted by Gasteiger charge is -2.31. The predicted octanol–water partition coefficient (Wildman–Crippen LogP) is 2.83. The smallest absolute Gasteiger partial charge is 0.230 e. The van der Waals surface area contributed by atoms with E-state index in [2.05, 4.69) is 48.3 Å². The number of hydrogen-bond acceptors (Lipinski definition) is 3. The summed E-state index contributed by atoms with van der Waals surface area (Å²) >= 11 is 1.70. The normalized spacial score (nSPS) is 16.9. The fourth-order valence-corrected chi connectivity index (χ4v) is 3.60. The zero-order valence-corrected chi connectivity index (χ0v) is 13.9. The molecule has 0 aliphatic carbocycles. The molecule has 0 atom stereocenters. The summed E-state index contributed by atoms with van der Waals surface area (Å²) in [5, 5.41) is 3.18. The van der Waals surface area contributed by atoms with Crippen molar-refractivity contribution in [2.45, 2.75) is 38.5 Å². The minimum Gasteiger partial charge on any atom is -0.353 e. The summed E-state index contributed by atoms with van der Waals surface area (Å²) in [5.74, 6) is 1.65. The van der Waals surface area contributed by atoms with Gasteiger partial charge in [0, 0.05) is 24.9 Å². The summed E-state index contributed by atoms with van der Waals surface area (Å²) in [6, 6.07) is 8.75. The Morgan fingerprint density at radius 1 is 1.33 bits per heavy atom. The number of nitrogens with zero attached hydrogens (tertiary/aromatic N) is 1. The summed E-state index contributed by atoms with van der Waals surface area (Å²) in [5.41, 5.74) is 2.63. The molecule has 4 heteroatoms. The van der Waals surface area contributed by atoms with Crippen LogP contribution < -0.4 is 5.32 Å². The van der Waals surface area contributed by atoms with Crippen LogP contribution in [0.1, 0.15) is 30.9 Å². The number of piperidine rings is 1. The summed E-state index contributed by atoms with van der Waals surface area (Å²) in [6.45, 7) is 7.65. The summed E-state index contributed by atoms with van der Waals surface area (Å²) in [4.78, 5) is 14.4. The van der Waals surface area contributed by atoms with Gasteiger partial charge >= 0.3 is 0 Å². The maximum absolute atomic E-state index is 12.0. The molecule has 1 aliphatic rings. The molecular weight excluding hydrogens is 280 g/mol. The fourth-order valence-electron chi connectivity index (χ4n) is 2.69. The van der Waals surface area contributed by atoms with E-state index in [0.717, 1.165) is 38.2 Å². The van der Waals surface area contributed by atoms with Crippen LogP contribution in [0.2, 0.25) is 0 Å². The number of carbonyl (C=O) groups excluding carboxylic acids is 1. The third-order valence-electron chi connectivity index (χ3n) is 4.15. The molecule has 1 aromatic carbocycles. The Morgan fingerprint density at radius 3 is 2.71 bits per heavy atom.